The van der Waals surface area contributed by atoms with Crippen molar-refractivity contribution in [1.29, 1.82) is 0 Å². The van der Waals surface area contributed by atoms with E-state index in [1.807, 2.05) is 0 Å². The van der Waals surface area contributed by atoms with Crippen LogP contribution >= 0.6 is 0 Å². The minimum absolute atomic E-state index is 0.0680. The molecular weight excluding hydrogens is 1040 g/mol. The molecule has 0 amide bonds. The van der Waals surface area contributed by atoms with Crippen LogP contribution in [0.5, 0.6) is 0 Å². The summed E-state index contributed by atoms with van der Waals surface area (Å²) in [5, 5.41) is 0. The van der Waals surface area contributed by atoms with Crippen LogP contribution in [0.15, 0.2) is 374 Å². The number of rotatable bonds is 18. The molecule has 13 aromatic carbocycles. The molecule has 13 rings (SSSR count). The lowest BCUT2D eigenvalue weighted by molar-refractivity contribution is 0.977. The summed E-state index contributed by atoms with van der Waals surface area (Å²) >= 11 is 0. The summed E-state index contributed by atoms with van der Waals surface area (Å²) in [6.45, 7) is 0. The number of hydrogen-bond acceptors (Lipinski definition) is 5. The van der Waals surface area contributed by atoms with E-state index in [4.69, 9.17) is 9.98 Å². The van der Waals surface area contributed by atoms with Crippen molar-refractivity contribution in [1.82, 2.24) is 0 Å². The van der Waals surface area contributed by atoms with Gasteiger partial charge in [-0.25, -0.2) is 9.98 Å². The van der Waals surface area contributed by atoms with Gasteiger partial charge in [0.1, 0.15) is 0 Å². The third-order valence-electron chi connectivity index (χ3n) is 15.4. The van der Waals surface area contributed by atoms with E-state index in [9.17, 15) is 0 Å². The molecule has 0 spiro atoms. The van der Waals surface area contributed by atoms with Crippen molar-refractivity contribution in [2.24, 2.45) is 9.98 Å². The Bertz CT molecular complexity index is 3600. The van der Waals surface area contributed by atoms with Crippen LogP contribution in [0.4, 0.5) is 62.6 Å². The molecule has 0 bridgehead atoms. The molecule has 86 heavy (non-hydrogen) atoms. The van der Waals surface area contributed by atoms with Gasteiger partial charge in [-0.15, -0.1) is 0 Å². The molecule has 0 fully saturated rings. The summed E-state index contributed by atoms with van der Waals surface area (Å²) in [6, 6.07) is 128. The van der Waals surface area contributed by atoms with E-state index < -0.39 is 0 Å². The highest BCUT2D eigenvalue weighted by Crippen LogP contribution is 2.39. The topological polar surface area (TPSA) is 34.4 Å². The molecule has 0 unspecified atom stereocenters. The first-order valence-electron chi connectivity index (χ1n) is 29.2. The zero-order valence-electron chi connectivity index (χ0n) is 47.5. The minimum Gasteiger partial charge on any atom is -0.311 e. The molecule has 0 N–H and O–H groups in total. The van der Waals surface area contributed by atoms with E-state index >= 15 is 0 Å². The molecule has 5 heteroatoms. The molecule has 5 nitrogen and oxygen atoms in total. The highest BCUT2D eigenvalue weighted by molar-refractivity contribution is 6.15. The van der Waals surface area contributed by atoms with E-state index in [0.29, 0.717) is 0 Å². The second-order valence-corrected chi connectivity index (χ2v) is 21.0. The molecule has 410 valence electrons. The van der Waals surface area contributed by atoms with E-state index in [2.05, 4.69) is 379 Å². The number of para-hydroxylation sites is 6. The fourth-order valence-corrected chi connectivity index (χ4v) is 11.3. The molecule has 13 aromatic rings. The Kier molecular flexibility index (Phi) is 16.2. The highest BCUT2D eigenvalue weighted by atomic mass is 15.2. The van der Waals surface area contributed by atoms with Crippen molar-refractivity contribution in [3.63, 3.8) is 0 Å². The zero-order chi connectivity index (χ0) is 57.7. The van der Waals surface area contributed by atoms with Gasteiger partial charge in [0.05, 0.1) is 22.8 Å². The maximum Gasteiger partial charge on any atom is 0.0781 e. The minimum atomic E-state index is 0.0680. The van der Waals surface area contributed by atoms with Crippen LogP contribution in [0.2, 0.25) is 0 Å². The quantitative estimate of drug-likeness (QED) is 0.0634. The second kappa shape index (κ2) is 25.8. The third-order valence-corrected chi connectivity index (χ3v) is 15.4. The molecule has 0 aliphatic heterocycles. The van der Waals surface area contributed by atoms with Gasteiger partial charge in [-0.1, -0.05) is 231 Å². The fraction of sp³-hybridized carbons (Fsp3) is 0.0123. The van der Waals surface area contributed by atoms with Gasteiger partial charge in [0.25, 0.3) is 0 Å². The van der Waals surface area contributed by atoms with Crippen LogP contribution < -0.4 is 14.7 Å². The summed E-state index contributed by atoms with van der Waals surface area (Å²) in [5.41, 5.74) is 20.6. The predicted octanol–water partition coefficient (Wildman–Crippen LogP) is 21.6. The lowest BCUT2D eigenvalue weighted by Gasteiger charge is -2.26. The number of hydrogen-bond donors (Lipinski definition) is 0. The monoisotopic (exact) mass is 1100 g/mol. The average molecular weight is 1100 g/mol. The Hall–Kier alpha value is -11.4. The van der Waals surface area contributed by atoms with Crippen LogP contribution in [0.1, 0.15) is 44.9 Å². The smallest absolute Gasteiger partial charge is 0.0781 e. The van der Waals surface area contributed by atoms with Crippen LogP contribution in [0, 0.1) is 0 Å². The van der Waals surface area contributed by atoms with E-state index in [0.717, 1.165) is 96.2 Å². The number of anilines is 9. The van der Waals surface area contributed by atoms with Gasteiger partial charge >= 0.3 is 0 Å². The lowest BCUT2D eigenvalue weighted by Crippen LogP contribution is -2.11. The Morgan fingerprint density at radius 1 is 0.186 bits per heavy atom. The first-order valence-corrected chi connectivity index (χ1v) is 29.2. The van der Waals surface area contributed by atoms with Gasteiger partial charge in [-0.05, 0) is 150 Å². The maximum atomic E-state index is 5.51. The van der Waals surface area contributed by atoms with Gasteiger partial charge in [-0.2, -0.15) is 0 Å². The first-order chi connectivity index (χ1) is 42.7. The Morgan fingerprint density at radius 3 is 0.605 bits per heavy atom. The summed E-state index contributed by atoms with van der Waals surface area (Å²) in [4.78, 5) is 17.9. The van der Waals surface area contributed by atoms with Gasteiger partial charge in [-0.3, -0.25) is 0 Å². The van der Waals surface area contributed by atoms with E-state index in [-0.39, 0.29) is 5.92 Å². The molecule has 0 aromatic heterocycles. The normalized spacial score (nSPS) is 11.2. The summed E-state index contributed by atoms with van der Waals surface area (Å²) in [5.74, 6) is 0.0680. The third kappa shape index (κ3) is 12.2. The van der Waals surface area contributed by atoms with Crippen LogP contribution in [0.3, 0.4) is 0 Å². The largest absolute Gasteiger partial charge is 0.311 e. The van der Waals surface area contributed by atoms with Crippen molar-refractivity contribution in [3.05, 3.63) is 403 Å². The first kappa shape index (κ1) is 53.9. The average Bonchev–Trinajstić information content (AvgIpc) is 3.06. The van der Waals surface area contributed by atoms with Gasteiger partial charge < -0.3 is 14.7 Å². The van der Waals surface area contributed by atoms with Crippen molar-refractivity contribution in [2.75, 3.05) is 14.7 Å². The Balaban J connectivity index is 0.889. The van der Waals surface area contributed by atoms with Crippen LogP contribution in [0.25, 0.3) is 0 Å². The standard InChI is InChI=1S/C81H61N5/c1-9-25-61(26-10-1)79(62-27-11-2-12-28-62)63-41-43-64(44-42-63)80(65-45-55-76(56-46-65)84(70-29-13-3-14-30-70)71-31-15-4-16-32-71)82-68-51-53-69(54-52-68)83-81(66-47-57-77(58-48-66)85(72-33-17-5-18-34-72)73-35-19-6-20-36-73)67-49-59-78(60-50-67)86(74-37-21-7-22-38-74)75-39-23-8-24-40-75/h1-60,79H/b82-80+. The van der Waals surface area contributed by atoms with E-state index in [1.54, 1.807) is 0 Å². The predicted molar refractivity (Wildman–Crippen MR) is 361 cm³/mol. The number of aliphatic imine (C=N–C) groups is 2. The number of nitrogens with zero attached hydrogens (tertiary/aromatic N) is 5. The van der Waals surface area contributed by atoms with Gasteiger partial charge in [0, 0.05) is 79.4 Å². The molecule has 0 aliphatic carbocycles. The maximum absolute atomic E-state index is 5.51. The van der Waals surface area contributed by atoms with Gasteiger partial charge in [0.2, 0.25) is 0 Å². The molecule has 0 heterocycles. The summed E-state index contributed by atoms with van der Waals surface area (Å²) in [7, 11) is 0. The lowest BCUT2D eigenvalue weighted by atomic mass is 9.84. The Labute approximate surface area is 504 Å². The van der Waals surface area contributed by atoms with Crippen molar-refractivity contribution in [2.45, 2.75) is 5.92 Å². The van der Waals surface area contributed by atoms with Crippen LogP contribution in [-0.2, 0) is 0 Å². The molecular formula is C81H61N5. The van der Waals surface area contributed by atoms with Crippen molar-refractivity contribution >= 4 is 74.0 Å². The molecule has 0 atom stereocenters. The highest BCUT2D eigenvalue weighted by Gasteiger charge is 2.20. The molecule has 0 saturated carbocycles. The van der Waals surface area contributed by atoms with Gasteiger partial charge in [0.15, 0.2) is 0 Å². The van der Waals surface area contributed by atoms with Crippen molar-refractivity contribution < 1.29 is 0 Å². The summed E-state index contributed by atoms with van der Waals surface area (Å²) < 4.78 is 0. The zero-order valence-corrected chi connectivity index (χ0v) is 47.5. The molecule has 0 aliphatic rings. The summed E-state index contributed by atoms with van der Waals surface area (Å²) in [6.07, 6.45) is 0. The molecule has 0 saturated heterocycles. The SMILES string of the molecule is c1ccc(C(c2ccccc2)c2ccc(/C(=N\c3ccc(N=C(c4ccc(N(c5ccccc5)c5ccccc5)cc4)c4ccc(N(c5ccccc5)c5ccccc5)cc4)cc3)c3ccc(N(c4ccccc4)c4ccccc4)cc3)cc2)cc1. The Morgan fingerprint density at radius 2 is 0.372 bits per heavy atom. The van der Waals surface area contributed by atoms with Crippen molar-refractivity contribution in [3.8, 4) is 0 Å². The van der Waals surface area contributed by atoms with Crippen LogP contribution in [-0.4, -0.2) is 11.4 Å². The van der Waals surface area contributed by atoms with E-state index in [1.165, 1.54) is 16.7 Å². The number of benzene rings is 13. The fourth-order valence-electron chi connectivity index (χ4n) is 11.3. The molecule has 0 radical (unpaired) electrons. The second-order valence-electron chi connectivity index (χ2n) is 21.0.